The summed E-state index contributed by atoms with van der Waals surface area (Å²) in [4.78, 5) is 11.5. The Morgan fingerprint density at radius 3 is 2.00 bits per heavy atom. The molecule has 9 heteroatoms. The first-order chi connectivity index (χ1) is 11.7. The first-order valence-electron chi connectivity index (χ1n) is 9.29. The first-order valence-corrected chi connectivity index (χ1v) is 18.3. The van der Waals surface area contributed by atoms with Crippen LogP contribution >= 0.6 is 0 Å². The highest BCUT2D eigenvalue weighted by Gasteiger charge is 2.44. The van der Waals surface area contributed by atoms with Gasteiger partial charge in [0, 0.05) is 12.1 Å². The van der Waals surface area contributed by atoms with Crippen molar-refractivity contribution in [3.63, 3.8) is 0 Å². The summed E-state index contributed by atoms with van der Waals surface area (Å²) in [5.74, 6) is -0.261. The smallest absolute Gasteiger partial charge is 0.344 e. The van der Waals surface area contributed by atoms with E-state index in [-0.39, 0.29) is 19.1 Å². The van der Waals surface area contributed by atoms with E-state index in [1.807, 2.05) is 0 Å². The van der Waals surface area contributed by atoms with Crippen LogP contribution in [0, 0.1) is 0 Å². The highest BCUT2D eigenvalue weighted by molar-refractivity contribution is 6.88. The molecule has 1 unspecified atom stereocenters. The number of ether oxygens (including phenoxy) is 1. The molecule has 0 aliphatic rings. The molecule has 0 heterocycles. The second kappa shape index (κ2) is 10.9. The summed E-state index contributed by atoms with van der Waals surface area (Å²) in [7, 11) is -6.11. The van der Waals surface area contributed by atoms with Gasteiger partial charge in [-0.1, -0.05) is 19.9 Å². The zero-order chi connectivity index (χ0) is 20.6. The van der Waals surface area contributed by atoms with Gasteiger partial charge in [0.25, 0.3) is 0 Å². The lowest BCUT2D eigenvalue weighted by Gasteiger charge is -2.40. The van der Waals surface area contributed by atoms with Crippen LogP contribution in [0.15, 0.2) is 12.2 Å². The molecule has 1 amide bonds. The van der Waals surface area contributed by atoms with Crippen molar-refractivity contribution < 1.29 is 22.9 Å². The van der Waals surface area contributed by atoms with Gasteiger partial charge in [-0.2, -0.15) is 0 Å². The van der Waals surface area contributed by atoms with Crippen LogP contribution in [0.4, 0.5) is 0 Å². The quantitative estimate of drug-likeness (QED) is 0.353. The maximum atomic E-state index is 11.5. The number of aliphatic hydroxyl groups is 1. The molecule has 26 heavy (non-hydrogen) atoms. The molecule has 6 nitrogen and oxygen atoms in total. The fourth-order valence-electron chi connectivity index (χ4n) is 2.52. The number of amides is 1. The molecule has 1 atom stereocenters. The Hall–Kier alpha value is -0.299. The Morgan fingerprint density at radius 1 is 1.12 bits per heavy atom. The van der Waals surface area contributed by atoms with E-state index in [1.54, 1.807) is 6.92 Å². The summed E-state index contributed by atoms with van der Waals surface area (Å²) in [5, 5.41) is 12.7. The van der Waals surface area contributed by atoms with Crippen molar-refractivity contribution in [3.8, 4) is 0 Å². The normalized spacial score (nSPS) is 14.2. The molecule has 0 fully saturated rings. The van der Waals surface area contributed by atoms with Gasteiger partial charge in [-0.15, -0.1) is 0 Å². The molecule has 0 bridgehead atoms. The predicted octanol–water partition coefficient (Wildman–Crippen LogP) is 3.15. The van der Waals surface area contributed by atoms with Crippen LogP contribution in [-0.4, -0.2) is 61.7 Å². The molecule has 2 N–H and O–H groups in total. The van der Waals surface area contributed by atoms with E-state index in [4.69, 9.17) is 13.0 Å². The van der Waals surface area contributed by atoms with Gasteiger partial charge in [0.2, 0.25) is 5.91 Å². The fraction of sp³-hybridized carbons (Fsp3) is 0.824. The Morgan fingerprint density at radius 2 is 1.62 bits per heavy atom. The molecule has 0 spiro atoms. The molecular formula is C17H39NO5Si3. The lowest BCUT2D eigenvalue weighted by Crippen LogP contribution is -2.58. The van der Waals surface area contributed by atoms with Gasteiger partial charge >= 0.3 is 8.56 Å². The minimum absolute atomic E-state index is 0.137. The van der Waals surface area contributed by atoms with Gasteiger partial charge in [-0.3, -0.25) is 4.79 Å². The number of carbonyl (C=O) groups is 1. The SMILES string of the molecule is C=C(C)C(=O)NCC(O)COC[Si](CCC)(O[Si](C)(C)C)O[Si](C)(C)C. The van der Waals surface area contributed by atoms with Crippen molar-refractivity contribution in [2.75, 3.05) is 19.4 Å². The fourth-order valence-corrected chi connectivity index (χ4v) is 14.6. The van der Waals surface area contributed by atoms with Gasteiger partial charge in [0.1, 0.15) is 0 Å². The molecule has 0 aliphatic heterocycles. The van der Waals surface area contributed by atoms with E-state index in [0.29, 0.717) is 11.8 Å². The summed E-state index contributed by atoms with van der Waals surface area (Å²) in [6, 6.07) is 0.879. The van der Waals surface area contributed by atoms with Crippen molar-refractivity contribution >= 4 is 31.1 Å². The van der Waals surface area contributed by atoms with E-state index < -0.39 is 31.3 Å². The molecule has 0 saturated carbocycles. The van der Waals surface area contributed by atoms with Crippen molar-refractivity contribution in [3.05, 3.63) is 12.2 Å². The molecule has 0 aromatic rings. The van der Waals surface area contributed by atoms with E-state index >= 15 is 0 Å². The highest BCUT2D eigenvalue weighted by Crippen LogP contribution is 2.26. The summed E-state index contributed by atoms with van der Waals surface area (Å²) in [6.45, 7) is 20.6. The van der Waals surface area contributed by atoms with Crippen LogP contribution in [0.25, 0.3) is 0 Å². The maximum Gasteiger partial charge on any atom is 0.344 e. The molecule has 0 saturated heterocycles. The number of hydrogen-bond donors (Lipinski definition) is 2. The average molecular weight is 422 g/mol. The maximum absolute atomic E-state index is 11.5. The largest absolute Gasteiger partial charge is 0.435 e. The van der Waals surface area contributed by atoms with Crippen molar-refractivity contribution in [1.82, 2.24) is 5.32 Å². The topological polar surface area (TPSA) is 77.0 Å². The molecule has 0 aromatic heterocycles. The Labute approximate surface area is 162 Å². The van der Waals surface area contributed by atoms with Gasteiger partial charge < -0.3 is 23.4 Å². The number of hydrogen-bond acceptors (Lipinski definition) is 5. The second-order valence-electron chi connectivity index (χ2n) is 8.75. The van der Waals surface area contributed by atoms with Crippen LogP contribution in [0.2, 0.25) is 45.3 Å². The Bertz CT molecular complexity index is 444. The third-order valence-electron chi connectivity index (χ3n) is 3.13. The van der Waals surface area contributed by atoms with Crippen LogP contribution in [0.3, 0.4) is 0 Å². The summed E-state index contributed by atoms with van der Waals surface area (Å²) < 4.78 is 18.9. The summed E-state index contributed by atoms with van der Waals surface area (Å²) >= 11 is 0. The minimum Gasteiger partial charge on any atom is -0.435 e. The zero-order valence-electron chi connectivity index (χ0n) is 17.9. The lowest BCUT2D eigenvalue weighted by molar-refractivity contribution is -0.118. The number of rotatable bonds is 13. The van der Waals surface area contributed by atoms with E-state index in [9.17, 15) is 9.90 Å². The average Bonchev–Trinajstić information content (AvgIpc) is 2.40. The van der Waals surface area contributed by atoms with Crippen LogP contribution in [0.5, 0.6) is 0 Å². The number of aliphatic hydroxyl groups excluding tert-OH is 1. The van der Waals surface area contributed by atoms with E-state index in [1.165, 1.54) is 0 Å². The third-order valence-corrected chi connectivity index (χ3v) is 12.9. The van der Waals surface area contributed by atoms with Gasteiger partial charge in [0.15, 0.2) is 16.6 Å². The number of nitrogens with one attached hydrogen (secondary N) is 1. The predicted molar refractivity (Wildman–Crippen MR) is 114 cm³/mol. The van der Waals surface area contributed by atoms with Crippen molar-refractivity contribution in [2.45, 2.75) is 71.7 Å². The van der Waals surface area contributed by atoms with Crippen molar-refractivity contribution in [1.29, 1.82) is 0 Å². The molecule has 0 aliphatic carbocycles. The Kier molecular flexibility index (Phi) is 10.8. The number of carbonyl (C=O) groups excluding carboxylic acids is 1. The van der Waals surface area contributed by atoms with E-state index in [2.05, 4.69) is 58.1 Å². The van der Waals surface area contributed by atoms with Crippen molar-refractivity contribution in [2.24, 2.45) is 0 Å². The third kappa shape index (κ3) is 12.2. The summed E-state index contributed by atoms with van der Waals surface area (Å²) in [5.41, 5.74) is 0.416. The van der Waals surface area contributed by atoms with Gasteiger partial charge in [-0.25, -0.2) is 0 Å². The summed E-state index contributed by atoms with van der Waals surface area (Å²) in [6.07, 6.45) is 0.605. The molecule has 0 radical (unpaired) electrons. The second-order valence-corrected chi connectivity index (χ2v) is 21.4. The van der Waals surface area contributed by atoms with Gasteiger partial charge in [-0.05, 0) is 52.2 Å². The lowest BCUT2D eigenvalue weighted by atomic mass is 10.3. The monoisotopic (exact) mass is 421 g/mol. The standard InChI is InChI=1S/C17H39NO5Si3/c1-10-11-26(22-24(4,5)6,23-25(7,8)9)14-21-13-16(19)12-18-17(20)15(2)3/h16,19H,2,10-14H2,1,3-9H3,(H,18,20). The molecular weight excluding hydrogens is 382 g/mol. The molecule has 0 rings (SSSR count). The van der Waals surface area contributed by atoms with E-state index in [0.717, 1.165) is 12.5 Å². The molecule has 0 aromatic carbocycles. The zero-order valence-corrected chi connectivity index (χ0v) is 20.9. The highest BCUT2D eigenvalue weighted by atomic mass is 28.5. The Balaban J connectivity index is 4.85. The van der Waals surface area contributed by atoms with Crippen LogP contribution < -0.4 is 5.32 Å². The van der Waals surface area contributed by atoms with Crippen LogP contribution in [-0.2, 0) is 17.8 Å². The van der Waals surface area contributed by atoms with Gasteiger partial charge in [0.05, 0.1) is 18.9 Å². The first kappa shape index (κ1) is 25.7. The van der Waals surface area contributed by atoms with Crippen LogP contribution in [0.1, 0.15) is 20.3 Å². The molecule has 154 valence electrons. The minimum atomic E-state index is -2.51.